The van der Waals surface area contributed by atoms with Crippen LogP contribution in [-0.4, -0.2) is 4.98 Å². The first-order chi connectivity index (χ1) is 4.38. The fraction of sp³-hybridized carbons (Fsp3) is 0. The van der Waals surface area contributed by atoms with E-state index in [1.54, 1.807) is 11.3 Å². The van der Waals surface area contributed by atoms with Gasteiger partial charge in [-0.3, -0.25) is 0 Å². The second-order valence-electron chi connectivity index (χ2n) is 1.91. The number of hydrogen-bond donors (Lipinski definition) is 2. The van der Waals surface area contributed by atoms with Gasteiger partial charge in [-0.05, 0) is 11.4 Å². The Morgan fingerprint density at radius 3 is 3.22 bits per heavy atom. The number of nitrogens with two attached hydrogens (primary N) is 1. The molecule has 2 aromatic heterocycles. The highest BCUT2D eigenvalue weighted by Gasteiger charge is 1.97. The van der Waals surface area contributed by atoms with Crippen molar-refractivity contribution >= 4 is 27.2 Å². The molecule has 0 aliphatic carbocycles. The van der Waals surface area contributed by atoms with Gasteiger partial charge in [0, 0.05) is 11.6 Å². The van der Waals surface area contributed by atoms with Crippen LogP contribution in [0.2, 0.25) is 0 Å². The van der Waals surface area contributed by atoms with Crippen LogP contribution in [0.15, 0.2) is 17.6 Å². The lowest BCUT2D eigenvalue weighted by Gasteiger charge is -1.76. The molecule has 2 rings (SSSR count). The van der Waals surface area contributed by atoms with Gasteiger partial charge in [-0.1, -0.05) is 0 Å². The molecule has 3 N–H and O–H groups in total. The van der Waals surface area contributed by atoms with Crippen LogP contribution in [0.5, 0.6) is 0 Å². The quantitative estimate of drug-likeness (QED) is 0.572. The maximum atomic E-state index is 5.60. The molecule has 2 aromatic rings. The first-order valence-corrected chi connectivity index (χ1v) is 3.56. The summed E-state index contributed by atoms with van der Waals surface area (Å²) in [5.74, 6) is 0. The average Bonchev–Trinajstić information content (AvgIpc) is 2.35. The van der Waals surface area contributed by atoms with Crippen molar-refractivity contribution in [1.82, 2.24) is 4.98 Å². The normalized spacial score (nSPS) is 10.7. The van der Waals surface area contributed by atoms with E-state index in [1.807, 2.05) is 17.6 Å². The number of hydrogen-bond acceptors (Lipinski definition) is 2. The summed E-state index contributed by atoms with van der Waals surface area (Å²) in [4.78, 5) is 4.22. The van der Waals surface area contributed by atoms with Crippen LogP contribution in [0, 0.1) is 0 Å². The van der Waals surface area contributed by atoms with E-state index in [9.17, 15) is 0 Å². The van der Waals surface area contributed by atoms with Crippen molar-refractivity contribution in [2.75, 3.05) is 5.73 Å². The van der Waals surface area contributed by atoms with Gasteiger partial charge in [0.1, 0.15) is 4.83 Å². The Morgan fingerprint density at radius 2 is 2.44 bits per heavy atom. The lowest BCUT2D eigenvalue weighted by Crippen LogP contribution is -1.77. The van der Waals surface area contributed by atoms with E-state index in [4.69, 9.17) is 5.73 Å². The molecule has 3 heteroatoms. The number of nitrogen functional groups attached to an aromatic ring is 1. The molecule has 0 saturated carbocycles. The predicted molar refractivity (Wildman–Crippen MR) is 40.6 cm³/mol. The van der Waals surface area contributed by atoms with Crippen molar-refractivity contribution in [3.8, 4) is 0 Å². The van der Waals surface area contributed by atoms with Crippen molar-refractivity contribution in [3.05, 3.63) is 17.6 Å². The van der Waals surface area contributed by atoms with Gasteiger partial charge in [-0.2, -0.15) is 0 Å². The van der Waals surface area contributed by atoms with Gasteiger partial charge < -0.3 is 10.7 Å². The van der Waals surface area contributed by atoms with Crippen LogP contribution in [0.3, 0.4) is 0 Å². The molecule has 2 nitrogen and oxygen atoms in total. The standard InChI is InChI=1S/C6H6N2S/c7-5-3-8-6-4(5)1-2-9-6/h1-3,8H,7H2. The Labute approximate surface area is 56.3 Å². The Kier molecular flexibility index (Phi) is 0.818. The van der Waals surface area contributed by atoms with E-state index in [2.05, 4.69) is 4.98 Å². The van der Waals surface area contributed by atoms with Crippen LogP contribution in [-0.2, 0) is 0 Å². The van der Waals surface area contributed by atoms with Crippen LogP contribution in [0.4, 0.5) is 5.69 Å². The second kappa shape index (κ2) is 1.51. The molecule has 0 amide bonds. The Hall–Kier alpha value is -0.960. The predicted octanol–water partition coefficient (Wildman–Crippen LogP) is 1.81. The van der Waals surface area contributed by atoms with Gasteiger partial charge in [0.15, 0.2) is 0 Å². The Morgan fingerprint density at radius 1 is 1.56 bits per heavy atom. The molecule has 0 aromatic carbocycles. The van der Waals surface area contributed by atoms with Gasteiger partial charge in [-0.25, -0.2) is 0 Å². The summed E-state index contributed by atoms with van der Waals surface area (Å²) in [5, 5.41) is 3.16. The maximum Gasteiger partial charge on any atom is 0.102 e. The number of fused-ring (bicyclic) bond motifs is 1. The highest BCUT2D eigenvalue weighted by atomic mass is 32.1. The van der Waals surface area contributed by atoms with Crippen molar-refractivity contribution in [3.63, 3.8) is 0 Å². The Bertz CT molecular complexity index is 320. The van der Waals surface area contributed by atoms with Gasteiger partial charge in [0.2, 0.25) is 0 Å². The van der Waals surface area contributed by atoms with Crippen molar-refractivity contribution in [2.45, 2.75) is 0 Å². The molecular formula is C6H6N2S. The van der Waals surface area contributed by atoms with E-state index >= 15 is 0 Å². The number of aromatic nitrogens is 1. The summed E-state index contributed by atoms with van der Waals surface area (Å²) in [6, 6.07) is 2.02. The first kappa shape index (κ1) is 4.88. The van der Waals surface area contributed by atoms with Crippen molar-refractivity contribution in [2.24, 2.45) is 0 Å². The molecule has 0 bridgehead atoms. The van der Waals surface area contributed by atoms with Crippen LogP contribution < -0.4 is 5.73 Å². The summed E-state index contributed by atoms with van der Waals surface area (Å²) < 4.78 is 0. The van der Waals surface area contributed by atoms with E-state index in [0.717, 1.165) is 15.9 Å². The minimum Gasteiger partial charge on any atom is -0.397 e. The third-order valence-corrected chi connectivity index (χ3v) is 2.18. The average molecular weight is 138 g/mol. The van der Waals surface area contributed by atoms with E-state index < -0.39 is 0 Å². The third-order valence-electron chi connectivity index (χ3n) is 1.33. The number of thiophene rings is 1. The monoisotopic (exact) mass is 138 g/mol. The molecule has 46 valence electrons. The highest BCUT2D eigenvalue weighted by Crippen LogP contribution is 2.24. The largest absolute Gasteiger partial charge is 0.397 e. The molecule has 0 aliphatic heterocycles. The highest BCUT2D eigenvalue weighted by molar-refractivity contribution is 7.16. The van der Waals surface area contributed by atoms with Crippen molar-refractivity contribution < 1.29 is 0 Å². The summed E-state index contributed by atoms with van der Waals surface area (Å²) in [6.45, 7) is 0. The van der Waals surface area contributed by atoms with Gasteiger partial charge in [-0.15, -0.1) is 11.3 Å². The molecule has 0 radical (unpaired) electrons. The fourth-order valence-corrected chi connectivity index (χ4v) is 1.65. The topological polar surface area (TPSA) is 41.8 Å². The lowest BCUT2D eigenvalue weighted by molar-refractivity contribution is 1.50. The van der Waals surface area contributed by atoms with Crippen LogP contribution in [0.1, 0.15) is 0 Å². The summed E-state index contributed by atoms with van der Waals surface area (Å²) in [5.41, 5.74) is 6.44. The molecule has 9 heavy (non-hydrogen) atoms. The van der Waals surface area contributed by atoms with Crippen LogP contribution >= 0.6 is 11.3 Å². The van der Waals surface area contributed by atoms with Gasteiger partial charge in [0.05, 0.1) is 5.69 Å². The molecule has 2 heterocycles. The molecule has 0 atom stereocenters. The molecular weight excluding hydrogens is 132 g/mol. The first-order valence-electron chi connectivity index (χ1n) is 2.68. The van der Waals surface area contributed by atoms with E-state index in [1.165, 1.54) is 0 Å². The Balaban J connectivity index is 2.99. The molecule has 0 spiro atoms. The zero-order chi connectivity index (χ0) is 6.27. The minimum absolute atomic E-state index is 0.839. The summed E-state index contributed by atoms with van der Waals surface area (Å²) >= 11 is 1.67. The lowest BCUT2D eigenvalue weighted by atomic mass is 10.4. The van der Waals surface area contributed by atoms with Gasteiger partial charge >= 0.3 is 0 Å². The second-order valence-corrected chi connectivity index (χ2v) is 2.82. The fourth-order valence-electron chi connectivity index (χ4n) is 0.869. The zero-order valence-corrected chi connectivity index (χ0v) is 5.53. The number of aromatic amines is 1. The molecule has 0 unspecified atom stereocenters. The number of nitrogens with one attached hydrogen (secondary N) is 1. The number of anilines is 1. The van der Waals surface area contributed by atoms with Crippen LogP contribution in [0.25, 0.3) is 10.2 Å². The zero-order valence-electron chi connectivity index (χ0n) is 4.72. The van der Waals surface area contributed by atoms with Gasteiger partial charge in [0.25, 0.3) is 0 Å². The van der Waals surface area contributed by atoms with E-state index in [0.29, 0.717) is 0 Å². The molecule has 0 fully saturated rings. The minimum atomic E-state index is 0.839. The summed E-state index contributed by atoms with van der Waals surface area (Å²) in [7, 11) is 0. The molecule has 0 aliphatic rings. The smallest absolute Gasteiger partial charge is 0.102 e. The third kappa shape index (κ3) is 0.549. The number of H-pyrrole nitrogens is 1. The molecule has 0 saturated heterocycles. The van der Waals surface area contributed by atoms with E-state index in [-0.39, 0.29) is 0 Å². The van der Waals surface area contributed by atoms with Crippen molar-refractivity contribution in [1.29, 1.82) is 0 Å². The SMILES string of the molecule is Nc1c[nH]c2sccc12. The number of rotatable bonds is 0. The maximum absolute atomic E-state index is 5.60. The summed E-state index contributed by atoms with van der Waals surface area (Å²) in [6.07, 6.45) is 1.82.